The lowest BCUT2D eigenvalue weighted by molar-refractivity contribution is -0.154. The van der Waals surface area contributed by atoms with Crippen molar-refractivity contribution in [2.75, 3.05) is 0 Å². The van der Waals surface area contributed by atoms with Gasteiger partial charge < -0.3 is 14.0 Å². The van der Waals surface area contributed by atoms with E-state index in [0.717, 1.165) is 16.6 Å². The Morgan fingerprint density at radius 1 is 1.12 bits per heavy atom. The van der Waals surface area contributed by atoms with Crippen LogP contribution in [0.25, 0.3) is 0 Å². The van der Waals surface area contributed by atoms with E-state index in [-0.39, 0.29) is 24.3 Å². The molecule has 138 valence electrons. The van der Waals surface area contributed by atoms with Crippen LogP contribution in [0.3, 0.4) is 0 Å². The summed E-state index contributed by atoms with van der Waals surface area (Å²) in [5, 5.41) is 0. The Hall–Kier alpha value is -1.33. The standard InChI is InChI=1S/C20H31BO4/c1-14-13-16(21-24-19(5,6)20(7,8)25-21)11-9-15(14)10-12-17(22)23-18(2,3)4/h9,11,13H,10,12H2,1-8H3. The molecule has 0 bridgehead atoms. The summed E-state index contributed by atoms with van der Waals surface area (Å²) in [6, 6.07) is 6.17. The number of ether oxygens (including phenoxy) is 1. The molecule has 1 aromatic carbocycles. The summed E-state index contributed by atoms with van der Waals surface area (Å²) in [6.45, 7) is 15.9. The molecule has 1 aliphatic heterocycles. The second-order valence-electron chi connectivity index (χ2n) is 8.86. The van der Waals surface area contributed by atoms with Gasteiger partial charge in [0.15, 0.2) is 0 Å². The normalized spacial score (nSPS) is 19.1. The summed E-state index contributed by atoms with van der Waals surface area (Å²) in [5.41, 5.74) is 2.16. The number of carbonyl (C=O) groups is 1. The van der Waals surface area contributed by atoms with Crippen LogP contribution in [-0.4, -0.2) is 29.9 Å². The zero-order valence-corrected chi connectivity index (χ0v) is 16.9. The summed E-state index contributed by atoms with van der Waals surface area (Å²) in [5.74, 6) is -0.165. The van der Waals surface area contributed by atoms with Gasteiger partial charge in [-0.05, 0) is 78.4 Å². The third kappa shape index (κ3) is 4.86. The Bertz CT molecular complexity index is 628. The number of benzene rings is 1. The van der Waals surface area contributed by atoms with Crippen LogP contribution in [0.1, 0.15) is 66.0 Å². The third-order valence-corrected chi connectivity index (χ3v) is 4.91. The van der Waals surface area contributed by atoms with Crippen LogP contribution in [-0.2, 0) is 25.3 Å². The van der Waals surface area contributed by atoms with E-state index in [1.807, 2.05) is 26.8 Å². The Morgan fingerprint density at radius 3 is 2.16 bits per heavy atom. The average molecular weight is 346 g/mol. The molecule has 0 saturated carbocycles. The molecular weight excluding hydrogens is 315 g/mol. The van der Waals surface area contributed by atoms with Gasteiger partial charge in [-0.1, -0.05) is 18.2 Å². The Morgan fingerprint density at radius 2 is 1.68 bits per heavy atom. The van der Waals surface area contributed by atoms with E-state index < -0.39 is 5.60 Å². The Balaban J connectivity index is 2.03. The lowest BCUT2D eigenvalue weighted by atomic mass is 9.77. The van der Waals surface area contributed by atoms with Gasteiger partial charge in [-0.3, -0.25) is 4.79 Å². The molecule has 1 heterocycles. The zero-order chi connectivity index (χ0) is 19.0. The highest BCUT2D eigenvalue weighted by atomic mass is 16.7. The molecule has 5 heteroatoms. The molecule has 4 nitrogen and oxygen atoms in total. The van der Waals surface area contributed by atoms with Crippen molar-refractivity contribution < 1.29 is 18.8 Å². The topological polar surface area (TPSA) is 44.8 Å². The maximum absolute atomic E-state index is 11.9. The molecule has 0 radical (unpaired) electrons. The second-order valence-corrected chi connectivity index (χ2v) is 8.86. The van der Waals surface area contributed by atoms with E-state index in [1.54, 1.807) is 0 Å². The summed E-state index contributed by atoms with van der Waals surface area (Å²) >= 11 is 0. The monoisotopic (exact) mass is 346 g/mol. The van der Waals surface area contributed by atoms with Crippen molar-refractivity contribution in [3.05, 3.63) is 29.3 Å². The van der Waals surface area contributed by atoms with Gasteiger partial charge in [0, 0.05) is 6.42 Å². The molecular formula is C20H31BO4. The molecule has 25 heavy (non-hydrogen) atoms. The lowest BCUT2D eigenvalue weighted by Crippen LogP contribution is -2.41. The third-order valence-electron chi connectivity index (χ3n) is 4.91. The molecule has 0 aliphatic carbocycles. The minimum Gasteiger partial charge on any atom is -0.460 e. The van der Waals surface area contributed by atoms with Crippen molar-refractivity contribution in [1.29, 1.82) is 0 Å². The molecule has 0 unspecified atom stereocenters. The van der Waals surface area contributed by atoms with Crippen LogP contribution in [0.2, 0.25) is 0 Å². The highest BCUT2D eigenvalue weighted by Crippen LogP contribution is 2.36. The molecule has 0 aromatic heterocycles. The van der Waals surface area contributed by atoms with Gasteiger partial charge in [0.05, 0.1) is 11.2 Å². The van der Waals surface area contributed by atoms with Crippen molar-refractivity contribution in [3.8, 4) is 0 Å². The first-order chi connectivity index (χ1) is 11.3. The fraction of sp³-hybridized carbons (Fsp3) is 0.650. The van der Waals surface area contributed by atoms with Gasteiger partial charge in [0.2, 0.25) is 0 Å². The fourth-order valence-electron chi connectivity index (χ4n) is 2.75. The largest absolute Gasteiger partial charge is 0.494 e. The number of rotatable bonds is 4. The van der Waals surface area contributed by atoms with Gasteiger partial charge in [-0.2, -0.15) is 0 Å². The Labute approximate surface area is 152 Å². The van der Waals surface area contributed by atoms with Crippen molar-refractivity contribution in [2.24, 2.45) is 0 Å². The minimum atomic E-state index is -0.438. The molecule has 1 aliphatic rings. The molecule has 1 fully saturated rings. The number of aryl methyl sites for hydroxylation is 2. The Kier molecular flexibility index (Phi) is 5.41. The van der Waals surface area contributed by atoms with E-state index >= 15 is 0 Å². The minimum absolute atomic E-state index is 0.165. The van der Waals surface area contributed by atoms with Crippen molar-refractivity contribution in [2.45, 2.75) is 85.0 Å². The number of esters is 1. The molecule has 0 N–H and O–H groups in total. The summed E-state index contributed by atoms with van der Waals surface area (Å²) in [4.78, 5) is 11.9. The lowest BCUT2D eigenvalue weighted by Gasteiger charge is -2.32. The molecule has 1 saturated heterocycles. The molecule has 0 amide bonds. The van der Waals surface area contributed by atoms with Gasteiger partial charge in [0.25, 0.3) is 0 Å². The summed E-state index contributed by atoms with van der Waals surface area (Å²) in [6.07, 6.45) is 1.05. The van der Waals surface area contributed by atoms with E-state index in [9.17, 15) is 4.79 Å². The summed E-state index contributed by atoms with van der Waals surface area (Å²) in [7, 11) is -0.358. The van der Waals surface area contributed by atoms with E-state index in [0.29, 0.717) is 12.8 Å². The predicted octanol–water partition coefficient (Wildman–Crippen LogP) is 3.57. The van der Waals surface area contributed by atoms with Gasteiger partial charge >= 0.3 is 13.1 Å². The predicted molar refractivity (Wildman–Crippen MR) is 101 cm³/mol. The molecule has 0 spiro atoms. The highest BCUT2D eigenvalue weighted by Gasteiger charge is 2.51. The maximum Gasteiger partial charge on any atom is 0.494 e. The van der Waals surface area contributed by atoms with Crippen LogP contribution in [0.5, 0.6) is 0 Å². The number of hydrogen-bond donors (Lipinski definition) is 0. The van der Waals surface area contributed by atoms with Gasteiger partial charge in [-0.15, -0.1) is 0 Å². The van der Waals surface area contributed by atoms with Crippen LogP contribution >= 0.6 is 0 Å². The fourth-order valence-corrected chi connectivity index (χ4v) is 2.75. The van der Waals surface area contributed by atoms with Crippen LogP contribution < -0.4 is 5.46 Å². The smallest absolute Gasteiger partial charge is 0.460 e. The second kappa shape index (κ2) is 6.77. The molecule has 0 atom stereocenters. The van der Waals surface area contributed by atoms with E-state index in [4.69, 9.17) is 14.0 Å². The van der Waals surface area contributed by atoms with E-state index in [1.165, 1.54) is 0 Å². The number of hydrogen-bond acceptors (Lipinski definition) is 4. The molecule has 2 rings (SSSR count). The highest BCUT2D eigenvalue weighted by molar-refractivity contribution is 6.62. The van der Waals surface area contributed by atoms with Crippen molar-refractivity contribution in [3.63, 3.8) is 0 Å². The quantitative estimate of drug-likeness (QED) is 0.618. The van der Waals surface area contributed by atoms with Crippen LogP contribution in [0, 0.1) is 6.92 Å². The first-order valence-electron chi connectivity index (χ1n) is 8.98. The first kappa shape index (κ1) is 20.0. The van der Waals surface area contributed by atoms with E-state index in [2.05, 4.69) is 46.8 Å². The first-order valence-corrected chi connectivity index (χ1v) is 8.98. The van der Waals surface area contributed by atoms with Crippen molar-refractivity contribution in [1.82, 2.24) is 0 Å². The average Bonchev–Trinajstić information content (AvgIpc) is 2.64. The zero-order valence-electron chi connectivity index (χ0n) is 16.9. The van der Waals surface area contributed by atoms with Crippen molar-refractivity contribution >= 4 is 18.6 Å². The summed E-state index contributed by atoms with van der Waals surface area (Å²) < 4.78 is 17.6. The SMILES string of the molecule is Cc1cc(B2OC(C)(C)C(C)(C)O2)ccc1CCC(=O)OC(C)(C)C. The number of carbonyl (C=O) groups excluding carboxylic acids is 1. The van der Waals surface area contributed by atoms with Gasteiger partial charge in [-0.25, -0.2) is 0 Å². The molecule has 1 aromatic rings. The van der Waals surface area contributed by atoms with Crippen LogP contribution in [0.15, 0.2) is 18.2 Å². The van der Waals surface area contributed by atoms with Crippen LogP contribution in [0.4, 0.5) is 0 Å². The van der Waals surface area contributed by atoms with Gasteiger partial charge in [0.1, 0.15) is 5.60 Å². The maximum atomic E-state index is 11.9.